The number of amides is 1. The van der Waals surface area contributed by atoms with Crippen LogP contribution in [0.1, 0.15) is 11.6 Å². The number of hydrogen-bond acceptors (Lipinski definition) is 3. The average molecular weight is 406 g/mol. The lowest BCUT2D eigenvalue weighted by molar-refractivity contribution is -0.890. The summed E-state index contributed by atoms with van der Waals surface area (Å²) in [7, 11) is 5.79. The molecule has 0 fully saturated rings. The number of rotatable bonds is 9. The minimum absolute atomic E-state index is 0.0217. The summed E-state index contributed by atoms with van der Waals surface area (Å²) >= 11 is 0. The molecule has 0 heterocycles. The third-order valence-electron chi connectivity index (χ3n) is 5.05. The van der Waals surface area contributed by atoms with Crippen molar-refractivity contribution >= 4 is 5.91 Å². The Morgan fingerprint density at radius 1 is 0.900 bits per heavy atom. The molecule has 0 saturated carbocycles. The maximum absolute atomic E-state index is 12.3. The van der Waals surface area contributed by atoms with Crippen molar-refractivity contribution in [3.8, 4) is 22.6 Å². The van der Waals surface area contributed by atoms with Gasteiger partial charge in [-0.2, -0.15) is 0 Å². The molecule has 0 aliphatic carbocycles. The van der Waals surface area contributed by atoms with E-state index in [0.29, 0.717) is 12.3 Å². The van der Waals surface area contributed by atoms with E-state index in [1.807, 2.05) is 66.7 Å². The van der Waals surface area contributed by atoms with Gasteiger partial charge in [-0.15, -0.1) is 0 Å². The van der Waals surface area contributed by atoms with Gasteiger partial charge in [0.15, 0.2) is 6.61 Å². The van der Waals surface area contributed by atoms with Crippen molar-refractivity contribution in [2.45, 2.75) is 6.04 Å². The smallest absolute Gasteiger partial charge is 0.258 e. The lowest BCUT2D eigenvalue weighted by atomic mass is 10.0. The highest BCUT2D eigenvalue weighted by Crippen LogP contribution is 2.23. The summed E-state index contributed by atoms with van der Waals surface area (Å²) in [4.78, 5) is 13.5. The molecule has 0 aliphatic rings. The highest BCUT2D eigenvalue weighted by Gasteiger charge is 2.22. The van der Waals surface area contributed by atoms with Crippen LogP contribution in [0.15, 0.2) is 78.9 Å². The fraction of sp³-hybridized carbons (Fsp3) is 0.240. The Labute approximate surface area is 178 Å². The summed E-state index contributed by atoms with van der Waals surface area (Å²) in [6.45, 7) is 0.476. The first-order chi connectivity index (χ1) is 14.6. The Morgan fingerprint density at radius 3 is 2.20 bits per heavy atom. The molecule has 3 rings (SSSR count). The van der Waals surface area contributed by atoms with Crippen molar-refractivity contribution in [2.24, 2.45) is 0 Å². The number of quaternary nitrogens is 1. The van der Waals surface area contributed by atoms with Crippen LogP contribution < -0.4 is 19.7 Å². The first kappa shape index (κ1) is 21.4. The van der Waals surface area contributed by atoms with Crippen LogP contribution >= 0.6 is 0 Å². The molecule has 3 aromatic rings. The van der Waals surface area contributed by atoms with E-state index in [0.717, 1.165) is 22.4 Å². The fourth-order valence-corrected chi connectivity index (χ4v) is 3.37. The number of para-hydroxylation sites is 1. The Hall–Kier alpha value is -3.31. The second-order valence-electron chi connectivity index (χ2n) is 7.36. The molecule has 0 aromatic heterocycles. The lowest BCUT2D eigenvalue weighted by Gasteiger charge is -2.23. The fourth-order valence-electron chi connectivity index (χ4n) is 3.37. The predicted molar refractivity (Wildman–Crippen MR) is 119 cm³/mol. The number of methoxy groups -OCH3 is 1. The minimum atomic E-state index is -0.150. The minimum Gasteiger partial charge on any atom is -0.496 e. The van der Waals surface area contributed by atoms with Crippen molar-refractivity contribution < 1.29 is 19.2 Å². The van der Waals surface area contributed by atoms with E-state index in [2.05, 4.69) is 31.5 Å². The first-order valence-electron chi connectivity index (χ1n) is 10.1. The SMILES string of the molecule is COc1ccccc1[C@H](CNC(=O)COc1ccc(-c2ccccc2)cc1)[NH+](C)C. The zero-order chi connectivity index (χ0) is 21.3. The maximum atomic E-state index is 12.3. The largest absolute Gasteiger partial charge is 0.496 e. The third-order valence-corrected chi connectivity index (χ3v) is 5.05. The summed E-state index contributed by atoms with van der Waals surface area (Å²) in [5, 5.41) is 2.98. The predicted octanol–water partition coefficient (Wildman–Crippen LogP) is 2.74. The molecule has 3 aromatic carbocycles. The summed E-state index contributed by atoms with van der Waals surface area (Å²) in [6, 6.07) is 25.9. The molecule has 30 heavy (non-hydrogen) atoms. The number of nitrogens with one attached hydrogen (secondary N) is 2. The molecule has 2 N–H and O–H groups in total. The normalized spacial score (nSPS) is 11.7. The molecular formula is C25H29N2O3+. The lowest BCUT2D eigenvalue weighted by Crippen LogP contribution is -3.07. The zero-order valence-electron chi connectivity index (χ0n) is 17.7. The van der Waals surface area contributed by atoms with Gasteiger partial charge in [0.25, 0.3) is 5.91 Å². The van der Waals surface area contributed by atoms with Crippen molar-refractivity contribution in [1.29, 1.82) is 0 Å². The van der Waals surface area contributed by atoms with Crippen LogP contribution in [0.4, 0.5) is 0 Å². The van der Waals surface area contributed by atoms with Gasteiger partial charge in [0.2, 0.25) is 0 Å². The Balaban J connectivity index is 1.54. The van der Waals surface area contributed by atoms with E-state index in [-0.39, 0.29) is 18.6 Å². The first-order valence-corrected chi connectivity index (χ1v) is 10.1. The van der Waals surface area contributed by atoms with Gasteiger partial charge in [0.05, 0.1) is 33.3 Å². The molecule has 0 radical (unpaired) electrons. The van der Waals surface area contributed by atoms with Gasteiger partial charge in [-0.1, -0.05) is 54.6 Å². The average Bonchev–Trinajstić information content (AvgIpc) is 2.79. The number of carbonyl (C=O) groups is 1. The van der Waals surface area contributed by atoms with E-state index < -0.39 is 0 Å². The second kappa shape index (κ2) is 10.5. The molecule has 0 spiro atoms. The number of ether oxygens (including phenoxy) is 2. The molecule has 1 amide bonds. The van der Waals surface area contributed by atoms with Gasteiger partial charge in [-0.3, -0.25) is 4.79 Å². The van der Waals surface area contributed by atoms with Crippen LogP contribution in [0, 0.1) is 0 Å². The van der Waals surface area contributed by atoms with Crippen molar-refractivity contribution in [2.75, 3.05) is 34.4 Å². The molecule has 5 nitrogen and oxygen atoms in total. The number of hydrogen-bond donors (Lipinski definition) is 2. The Bertz CT molecular complexity index is 940. The van der Waals surface area contributed by atoms with Gasteiger partial charge >= 0.3 is 0 Å². The monoisotopic (exact) mass is 405 g/mol. The van der Waals surface area contributed by atoms with Crippen molar-refractivity contribution in [1.82, 2.24) is 5.32 Å². The highest BCUT2D eigenvalue weighted by molar-refractivity contribution is 5.77. The van der Waals surface area contributed by atoms with Crippen LogP contribution in [0.25, 0.3) is 11.1 Å². The van der Waals surface area contributed by atoms with Crippen molar-refractivity contribution in [3.63, 3.8) is 0 Å². The summed E-state index contributed by atoms with van der Waals surface area (Å²) < 4.78 is 11.1. The number of benzene rings is 3. The topological polar surface area (TPSA) is 52.0 Å². The highest BCUT2D eigenvalue weighted by atomic mass is 16.5. The van der Waals surface area contributed by atoms with E-state index >= 15 is 0 Å². The van der Waals surface area contributed by atoms with Gasteiger partial charge in [0.1, 0.15) is 17.5 Å². The molecular weight excluding hydrogens is 376 g/mol. The molecule has 156 valence electrons. The quantitative estimate of drug-likeness (QED) is 0.576. The maximum Gasteiger partial charge on any atom is 0.258 e. The van der Waals surface area contributed by atoms with Crippen molar-refractivity contribution in [3.05, 3.63) is 84.4 Å². The summed E-state index contributed by atoms with van der Waals surface area (Å²) in [5.74, 6) is 1.35. The number of carbonyl (C=O) groups excluding carboxylic acids is 1. The molecule has 1 atom stereocenters. The summed E-state index contributed by atoms with van der Waals surface area (Å²) in [6.07, 6.45) is 0. The van der Waals surface area contributed by atoms with Crippen LogP contribution in [0.3, 0.4) is 0 Å². The molecule has 0 aliphatic heterocycles. The number of likely N-dealkylation sites (N-methyl/N-ethyl adjacent to an activating group) is 1. The van der Waals surface area contributed by atoms with Crippen LogP contribution in [-0.4, -0.2) is 40.3 Å². The van der Waals surface area contributed by atoms with Gasteiger partial charge < -0.3 is 19.7 Å². The third kappa shape index (κ3) is 5.61. The van der Waals surface area contributed by atoms with E-state index in [9.17, 15) is 4.79 Å². The Morgan fingerprint density at radius 2 is 1.53 bits per heavy atom. The molecule has 5 heteroatoms. The second-order valence-corrected chi connectivity index (χ2v) is 7.36. The standard InChI is InChI=1S/C25H28N2O3/c1-27(2)23(22-11-7-8-12-24(22)29-3)17-26-25(28)18-30-21-15-13-20(14-16-21)19-9-5-4-6-10-19/h4-16,23H,17-18H2,1-3H3,(H,26,28)/p+1/t23-/m0/s1. The van der Waals surface area contributed by atoms with E-state index in [1.165, 1.54) is 4.90 Å². The van der Waals surface area contributed by atoms with Gasteiger partial charge in [-0.25, -0.2) is 0 Å². The van der Waals surface area contributed by atoms with E-state index in [4.69, 9.17) is 9.47 Å². The van der Waals surface area contributed by atoms with Crippen LogP contribution in [0.2, 0.25) is 0 Å². The summed E-state index contributed by atoms with van der Waals surface area (Å²) in [5.41, 5.74) is 3.33. The van der Waals surface area contributed by atoms with Gasteiger partial charge in [0, 0.05) is 0 Å². The molecule has 0 saturated heterocycles. The van der Waals surface area contributed by atoms with E-state index in [1.54, 1.807) is 7.11 Å². The van der Waals surface area contributed by atoms with Crippen LogP contribution in [-0.2, 0) is 4.79 Å². The van der Waals surface area contributed by atoms with Crippen LogP contribution in [0.5, 0.6) is 11.5 Å². The zero-order valence-corrected chi connectivity index (χ0v) is 17.7. The molecule has 0 bridgehead atoms. The molecule has 0 unspecified atom stereocenters. The Kier molecular flexibility index (Phi) is 7.46. The van der Waals surface area contributed by atoms with Gasteiger partial charge in [-0.05, 0) is 35.4 Å².